The standard InChI is InChI=1S/C20H20O3S/c1-2-3-7-18(20(21)22)23-15-11-9-14(10-12-15)17-13-24-19-8-5-4-6-16(17)19/h2,4-6,8-13,16,18-19H,1,3,7H2,(H,21,22). The first-order valence-corrected chi connectivity index (χ1v) is 8.94. The maximum absolute atomic E-state index is 11.3. The Balaban J connectivity index is 1.69. The highest BCUT2D eigenvalue weighted by atomic mass is 32.2. The minimum atomic E-state index is -0.946. The summed E-state index contributed by atoms with van der Waals surface area (Å²) in [6.45, 7) is 3.62. The van der Waals surface area contributed by atoms with Crippen molar-refractivity contribution in [2.45, 2.75) is 24.2 Å². The van der Waals surface area contributed by atoms with E-state index in [1.54, 1.807) is 6.08 Å². The molecule has 24 heavy (non-hydrogen) atoms. The van der Waals surface area contributed by atoms with Gasteiger partial charge >= 0.3 is 5.97 Å². The van der Waals surface area contributed by atoms with Gasteiger partial charge in [-0.15, -0.1) is 18.3 Å². The molecular weight excluding hydrogens is 320 g/mol. The number of thioether (sulfide) groups is 1. The number of fused-ring (bicyclic) bond motifs is 1. The topological polar surface area (TPSA) is 46.5 Å². The van der Waals surface area contributed by atoms with Gasteiger partial charge in [-0.3, -0.25) is 0 Å². The van der Waals surface area contributed by atoms with E-state index in [9.17, 15) is 9.90 Å². The highest BCUT2D eigenvalue weighted by Crippen LogP contribution is 2.44. The maximum atomic E-state index is 11.3. The molecule has 0 aromatic heterocycles. The molecule has 0 saturated carbocycles. The van der Waals surface area contributed by atoms with Crippen LogP contribution in [0.1, 0.15) is 18.4 Å². The molecule has 0 spiro atoms. The monoisotopic (exact) mass is 340 g/mol. The van der Waals surface area contributed by atoms with Gasteiger partial charge in [0, 0.05) is 11.2 Å². The summed E-state index contributed by atoms with van der Waals surface area (Å²) in [5.41, 5.74) is 2.46. The van der Waals surface area contributed by atoms with Crippen LogP contribution in [-0.4, -0.2) is 22.4 Å². The number of ether oxygens (including phenoxy) is 1. The lowest BCUT2D eigenvalue weighted by Crippen LogP contribution is -2.26. The molecule has 1 aliphatic heterocycles. The first-order chi connectivity index (χ1) is 11.7. The highest BCUT2D eigenvalue weighted by Gasteiger charge is 2.28. The number of hydrogen-bond acceptors (Lipinski definition) is 3. The summed E-state index contributed by atoms with van der Waals surface area (Å²) in [5.74, 6) is 0.0426. The van der Waals surface area contributed by atoms with E-state index in [0.29, 0.717) is 29.8 Å². The summed E-state index contributed by atoms with van der Waals surface area (Å²) in [5, 5.41) is 11.9. The molecule has 4 heteroatoms. The fourth-order valence-electron chi connectivity index (χ4n) is 2.88. The van der Waals surface area contributed by atoms with Crippen LogP contribution in [0.25, 0.3) is 5.57 Å². The molecule has 3 unspecified atom stereocenters. The van der Waals surface area contributed by atoms with Crippen molar-refractivity contribution in [2.75, 3.05) is 0 Å². The molecule has 0 saturated heterocycles. The Labute approximate surface area is 146 Å². The molecule has 3 nitrogen and oxygen atoms in total. The van der Waals surface area contributed by atoms with E-state index in [1.807, 2.05) is 36.0 Å². The zero-order valence-corrected chi connectivity index (χ0v) is 14.1. The minimum absolute atomic E-state index is 0.408. The van der Waals surface area contributed by atoms with E-state index in [0.717, 1.165) is 5.56 Å². The molecule has 1 N–H and O–H groups in total. The van der Waals surface area contributed by atoms with Crippen LogP contribution in [0.15, 0.2) is 66.6 Å². The molecule has 2 aliphatic rings. The van der Waals surface area contributed by atoms with Crippen molar-refractivity contribution in [3.05, 3.63) is 72.2 Å². The number of carboxylic acid groups (broad SMARTS) is 1. The smallest absolute Gasteiger partial charge is 0.344 e. The molecule has 3 atom stereocenters. The quantitative estimate of drug-likeness (QED) is 0.732. The van der Waals surface area contributed by atoms with Crippen LogP contribution < -0.4 is 4.74 Å². The number of carbonyl (C=O) groups is 1. The zero-order chi connectivity index (χ0) is 16.9. The number of benzene rings is 1. The van der Waals surface area contributed by atoms with E-state index in [4.69, 9.17) is 4.74 Å². The van der Waals surface area contributed by atoms with Gasteiger partial charge in [-0.25, -0.2) is 4.79 Å². The van der Waals surface area contributed by atoms with Crippen LogP contribution in [0.5, 0.6) is 5.75 Å². The Kier molecular flexibility index (Phi) is 5.26. The van der Waals surface area contributed by atoms with Crippen LogP contribution in [0.2, 0.25) is 0 Å². The van der Waals surface area contributed by atoms with E-state index in [2.05, 4.69) is 36.3 Å². The van der Waals surface area contributed by atoms with Crippen molar-refractivity contribution >= 4 is 23.3 Å². The Morgan fingerprint density at radius 3 is 2.75 bits per heavy atom. The summed E-state index contributed by atoms with van der Waals surface area (Å²) in [7, 11) is 0. The molecule has 0 bridgehead atoms. The molecule has 3 rings (SSSR count). The molecule has 1 aromatic rings. The second kappa shape index (κ2) is 7.58. The fourth-order valence-corrected chi connectivity index (χ4v) is 4.07. The van der Waals surface area contributed by atoms with Crippen molar-refractivity contribution in [2.24, 2.45) is 5.92 Å². The largest absolute Gasteiger partial charge is 0.479 e. The number of rotatable bonds is 7. The molecule has 0 fully saturated rings. The fraction of sp³-hybridized carbons (Fsp3) is 0.250. The summed E-state index contributed by atoms with van der Waals surface area (Å²) in [4.78, 5) is 11.3. The summed E-state index contributed by atoms with van der Waals surface area (Å²) in [6, 6.07) is 7.70. The predicted octanol–water partition coefficient (Wildman–Crippen LogP) is 4.68. The molecule has 1 aromatic carbocycles. The SMILES string of the molecule is C=CCCC(Oc1ccc(C2=CSC3C=CC=CC23)cc1)C(=O)O. The molecule has 0 amide bonds. The number of hydrogen-bond donors (Lipinski definition) is 1. The molecule has 0 radical (unpaired) electrons. The highest BCUT2D eigenvalue weighted by molar-refractivity contribution is 8.03. The van der Waals surface area contributed by atoms with Crippen LogP contribution in [0.4, 0.5) is 0 Å². The van der Waals surface area contributed by atoms with Crippen LogP contribution >= 0.6 is 11.8 Å². The predicted molar refractivity (Wildman–Crippen MR) is 99.1 cm³/mol. The molecular formula is C20H20O3S. The Morgan fingerprint density at radius 1 is 1.29 bits per heavy atom. The van der Waals surface area contributed by atoms with E-state index in [-0.39, 0.29) is 0 Å². The van der Waals surface area contributed by atoms with Crippen molar-refractivity contribution in [1.29, 1.82) is 0 Å². The van der Waals surface area contributed by atoms with E-state index < -0.39 is 12.1 Å². The normalized spacial score (nSPS) is 22.6. The third-order valence-electron chi connectivity index (χ3n) is 4.17. The van der Waals surface area contributed by atoms with Crippen LogP contribution in [0, 0.1) is 5.92 Å². The van der Waals surface area contributed by atoms with Gasteiger partial charge in [0.15, 0.2) is 6.10 Å². The van der Waals surface area contributed by atoms with Crippen molar-refractivity contribution < 1.29 is 14.6 Å². The second-order valence-corrected chi connectivity index (χ2v) is 6.86. The van der Waals surface area contributed by atoms with Crippen molar-refractivity contribution in [3.8, 4) is 5.75 Å². The summed E-state index contributed by atoms with van der Waals surface area (Å²) in [6.07, 6.45) is 10.5. The van der Waals surface area contributed by atoms with Crippen molar-refractivity contribution in [3.63, 3.8) is 0 Å². The van der Waals surface area contributed by atoms with Crippen LogP contribution in [0.3, 0.4) is 0 Å². The Bertz CT molecular complexity index is 700. The summed E-state index contributed by atoms with van der Waals surface area (Å²) < 4.78 is 5.61. The average Bonchev–Trinajstić information content (AvgIpc) is 3.03. The van der Waals surface area contributed by atoms with Gasteiger partial charge in [0.2, 0.25) is 0 Å². The maximum Gasteiger partial charge on any atom is 0.344 e. The number of carboxylic acids is 1. The minimum Gasteiger partial charge on any atom is -0.479 e. The molecule has 124 valence electrons. The third-order valence-corrected chi connectivity index (χ3v) is 5.32. The molecule has 1 heterocycles. The van der Waals surface area contributed by atoms with Gasteiger partial charge in [-0.05, 0) is 41.5 Å². The first-order valence-electron chi connectivity index (χ1n) is 8.00. The van der Waals surface area contributed by atoms with Crippen molar-refractivity contribution in [1.82, 2.24) is 0 Å². The lowest BCUT2D eigenvalue weighted by Gasteiger charge is -2.19. The number of allylic oxidation sites excluding steroid dienone is 5. The Hall–Kier alpha value is -2.20. The van der Waals surface area contributed by atoms with Gasteiger partial charge < -0.3 is 9.84 Å². The van der Waals surface area contributed by atoms with Gasteiger partial charge in [-0.2, -0.15) is 0 Å². The first kappa shape index (κ1) is 16.7. The Morgan fingerprint density at radius 2 is 2.04 bits per heavy atom. The van der Waals surface area contributed by atoms with Gasteiger partial charge in [-0.1, -0.05) is 42.5 Å². The van der Waals surface area contributed by atoms with Gasteiger partial charge in [0.1, 0.15) is 5.75 Å². The number of aliphatic carboxylic acids is 1. The third kappa shape index (κ3) is 3.65. The molecule has 1 aliphatic carbocycles. The van der Waals surface area contributed by atoms with Crippen LogP contribution in [-0.2, 0) is 4.79 Å². The van der Waals surface area contributed by atoms with Gasteiger partial charge in [0.05, 0.1) is 0 Å². The lowest BCUT2D eigenvalue weighted by atomic mass is 9.89. The average molecular weight is 340 g/mol. The second-order valence-electron chi connectivity index (χ2n) is 5.80. The van der Waals surface area contributed by atoms with Gasteiger partial charge in [0.25, 0.3) is 0 Å². The van der Waals surface area contributed by atoms with E-state index >= 15 is 0 Å². The van der Waals surface area contributed by atoms with E-state index in [1.165, 1.54) is 5.57 Å². The lowest BCUT2D eigenvalue weighted by molar-refractivity contribution is -0.145. The summed E-state index contributed by atoms with van der Waals surface area (Å²) >= 11 is 1.84. The zero-order valence-electron chi connectivity index (χ0n) is 13.3.